The Morgan fingerprint density at radius 1 is 1.45 bits per heavy atom. The summed E-state index contributed by atoms with van der Waals surface area (Å²) in [5.74, 6) is 0.0513. The van der Waals surface area contributed by atoms with Crippen LogP contribution < -0.4 is 5.32 Å². The van der Waals surface area contributed by atoms with Gasteiger partial charge in [-0.1, -0.05) is 25.0 Å². The minimum Gasteiger partial charge on any atom is -0.394 e. The van der Waals surface area contributed by atoms with Gasteiger partial charge in [0.05, 0.1) is 18.7 Å². The highest BCUT2D eigenvalue weighted by Gasteiger charge is 2.29. The van der Waals surface area contributed by atoms with Gasteiger partial charge in [0, 0.05) is 7.05 Å². The van der Waals surface area contributed by atoms with Crippen molar-refractivity contribution in [2.45, 2.75) is 44.7 Å². The summed E-state index contributed by atoms with van der Waals surface area (Å²) >= 11 is 0. The largest absolute Gasteiger partial charge is 0.394 e. The van der Waals surface area contributed by atoms with E-state index in [4.69, 9.17) is 0 Å². The zero-order valence-electron chi connectivity index (χ0n) is 13.3. The van der Waals surface area contributed by atoms with Gasteiger partial charge in [0.25, 0.3) is 0 Å². The molecule has 1 fully saturated rings. The molecule has 2 N–H and O–H groups in total. The van der Waals surface area contributed by atoms with Crippen molar-refractivity contribution in [2.24, 2.45) is 5.92 Å². The lowest BCUT2D eigenvalue weighted by Crippen LogP contribution is -2.46. The molecule has 22 heavy (non-hydrogen) atoms. The molecule has 2 unspecified atom stereocenters. The molecule has 1 saturated carbocycles. The van der Waals surface area contributed by atoms with Gasteiger partial charge in [-0.2, -0.15) is 0 Å². The lowest BCUT2D eigenvalue weighted by Gasteiger charge is -2.30. The highest BCUT2D eigenvalue weighted by molar-refractivity contribution is 5.74. The predicted octanol–water partition coefficient (Wildman–Crippen LogP) is 3.08. The Morgan fingerprint density at radius 2 is 2.14 bits per heavy atom. The Hall–Kier alpha value is -1.62. The topological polar surface area (TPSA) is 52.6 Å². The molecule has 0 aliphatic heterocycles. The maximum absolute atomic E-state index is 13.5. The summed E-state index contributed by atoms with van der Waals surface area (Å²) in [6, 6.07) is 5.79. The van der Waals surface area contributed by atoms with Gasteiger partial charge in [-0.25, -0.2) is 9.18 Å². The van der Waals surface area contributed by atoms with Gasteiger partial charge in [-0.3, -0.25) is 0 Å². The van der Waals surface area contributed by atoms with Gasteiger partial charge in [-0.05, 0) is 43.4 Å². The number of amides is 2. The highest BCUT2D eigenvalue weighted by Crippen LogP contribution is 2.36. The lowest BCUT2D eigenvalue weighted by molar-refractivity contribution is 0.152. The molecule has 0 radical (unpaired) electrons. The monoisotopic (exact) mass is 308 g/mol. The molecular formula is C17H25FN2O2. The zero-order valence-corrected chi connectivity index (χ0v) is 13.3. The molecule has 0 bridgehead atoms. The number of carbonyl (C=O) groups is 1. The lowest BCUT2D eigenvalue weighted by atomic mass is 9.91. The molecule has 1 aromatic rings. The van der Waals surface area contributed by atoms with Crippen LogP contribution in [0.3, 0.4) is 0 Å². The van der Waals surface area contributed by atoms with Gasteiger partial charge in [-0.15, -0.1) is 0 Å². The summed E-state index contributed by atoms with van der Waals surface area (Å²) in [4.78, 5) is 13.9. The van der Waals surface area contributed by atoms with Crippen LogP contribution in [0.25, 0.3) is 0 Å². The van der Waals surface area contributed by atoms with Crippen LogP contribution >= 0.6 is 0 Å². The third-order valence-corrected chi connectivity index (χ3v) is 4.60. The van der Waals surface area contributed by atoms with Crippen molar-refractivity contribution in [3.8, 4) is 0 Å². The van der Waals surface area contributed by atoms with E-state index in [1.165, 1.54) is 17.0 Å². The van der Waals surface area contributed by atoms with Gasteiger partial charge in [0.1, 0.15) is 5.82 Å². The fourth-order valence-corrected chi connectivity index (χ4v) is 3.02. The van der Waals surface area contributed by atoms with Crippen molar-refractivity contribution in [1.82, 2.24) is 10.2 Å². The first-order valence-corrected chi connectivity index (χ1v) is 7.92. The van der Waals surface area contributed by atoms with E-state index < -0.39 is 0 Å². The molecule has 1 aliphatic rings. The quantitative estimate of drug-likeness (QED) is 0.878. The highest BCUT2D eigenvalue weighted by atomic mass is 19.1. The fourth-order valence-electron chi connectivity index (χ4n) is 3.02. The van der Waals surface area contributed by atoms with Gasteiger partial charge in [0.15, 0.2) is 0 Å². The third-order valence-electron chi connectivity index (χ3n) is 4.60. The van der Waals surface area contributed by atoms with E-state index in [0.29, 0.717) is 5.92 Å². The summed E-state index contributed by atoms with van der Waals surface area (Å²) < 4.78 is 13.5. The third kappa shape index (κ3) is 3.97. The average molecular weight is 308 g/mol. The van der Waals surface area contributed by atoms with Gasteiger partial charge < -0.3 is 15.3 Å². The second-order valence-corrected chi connectivity index (χ2v) is 6.17. The summed E-state index contributed by atoms with van der Waals surface area (Å²) in [6.45, 7) is 1.70. The second-order valence-electron chi connectivity index (χ2n) is 6.17. The molecule has 1 aromatic carbocycles. The number of aliphatic hydroxyl groups excluding tert-OH is 1. The number of carbonyl (C=O) groups excluding carboxylic acids is 1. The van der Waals surface area contributed by atoms with Gasteiger partial charge >= 0.3 is 6.03 Å². The first kappa shape index (κ1) is 16.7. The number of hydrogen-bond acceptors (Lipinski definition) is 2. The number of benzene rings is 1. The number of rotatable bonds is 5. The number of nitrogens with zero attached hydrogens (tertiary/aromatic N) is 1. The minimum atomic E-state index is -0.285. The molecular weight excluding hydrogens is 283 g/mol. The van der Waals surface area contributed by atoms with E-state index >= 15 is 0 Å². The predicted molar refractivity (Wildman–Crippen MR) is 83.9 cm³/mol. The number of likely N-dealkylation sites (N-methyl/N-ethyl adjacent to an activating group) is 1. The molecule has 2 rings (SSSR count). The SMILES string of the molecule is CC(CO)N(C)C(=O)NC(c1cccc(F)c1)C1CCCC1. The number of nitrogens with one attached hydrogen (secondary N) is 1. The van der Waals surface area contributed by atoms with Crippen LogP contribution in [0.4, 0.5) is 9.18 Å². The molecule has 122 valence electrons. The van der Waals surface area contributed by atoms with Crippen LogP contribution in [0.15, 0.2) is 24.3 Å². The van der Waals surface area contributed by atoms with Crippen LogP contribution in [0, 0.1) is 11.7 Å². The maximum Gasteiger partial charge on any atom is 0.317 e. The van der Waals surface area contributed by atoms with Crippen LogP contribution in [0.2, 0.25) is 0 Å². The summed E-state index contributed by atoms with van der Waals surface area (Å²) in [6.07, 6.45) is 4.38. The molecule has 5 heteroatoms. The van der Waals surface area contributed by atoms with Crippen LogP contribution in [0.5, 0.6) is 0 Å². The molecule has 1 aliphatic carbocycles. The summed E-state index contributed by atoms with van der Waals surface area (Å²) in [5, 5.41) is 12.2. The van der Waals surface area contributed by atoms with E-state index in [1.807, 2.05) is 6.07 Å². The Bertz CT molecular complexity index is 503. The van der Waals surface area contributed by atoms with Crippen molar-refractivity contribution in [2.75, 3.05) is 13.7 Å². The first-order valence-electron chi connectivity index (χ1n) is 7.92. The molecule has 2 amide bonds. The van der Waals surface area contributed by atoms with Crippen molar-refractivity contribution >= 4 is 6.03 Å². The second kappa shape index (κ2) is 7.58. The smallest absolute Gasteiger partial charge is 0.317 e. The average Bonchev–Trinajstić information content (AvgIpc) is 3.04. The van der Waals surface area contributed by atoms with E-state index in [0.717, 1.165) is 31.2 Å². The first-order chi connectivity index (χ1) is 10.5. The molecule has 0 spiro atoms. The van der Waals surface area contributed by atoms with Crippen LogP contribution in [-0.2, 0) is 0 Å². The summed E-state index contributed by atoms with van der Waals surface area (Å²) in [5.41, 5.74) is 0.810. The number of aliphatic hydroxyl groups is 1. The Kier molecular flexibility index (Phi) is 5.77. The molecule has 4 nitrogen and oxygen atoms in total. The molecule has 0 heterocycles. The molecule has 0 aromatic heterocycles. The van der Waals surface area contributed by atoms with Gasteiger partial charge in [0.2, 0.25) is 0 Å². The normalized spacial score (nSPS) is 18.0. The Morgan fingerprint density at radius 3 is 2.73 bits per heavy atom. The number of urea groups is 1. The fraction of sp³-hybridized carbons (Fsp3) is 0.588. The zero-order chi connectivity index (χ0) is 16.1. The van der Waals surface area contributed by atoms with E-state index in [-0.39, 0.29) is 30.5 Å². The van der Waals surface area contributed by atoms with E-state index in [9.17, 15) is 14.3 Å². The van der Waals surface area contributed by atoms with Crippen molar-refractivity contribution in [3.63, 3.8) is 0 Å². The van der Waals surface area contributed by atoms with Crippen LogP contribution in [0.1, 0.15) is 44.2 Å². The maximum atomic E-state index is 13.5. The standard InChI is InChI=1S/C17H25FN2O2/c1-12(11-21)20(2)17(22)19-16(13-6-3-4-7-13)14-8-5-9-15(18)10-14/h5,8-10,12-13,16,21H,3-4,6-7,11H2,1-2H3,(H,19,22). The number of hydrogen-bond donors (Lipinski definition) is 2. The van der Waals surface area contributed by atoms with Crippen molar-refractivity contribution in [3.05, 3.63) is 35.6 Å². The Labute approximate surface area is 131 Å². The van der Waals surface area contributed by atoms with Crippen molar-refractivity contribution in [1.29, 1.82) is 0 Å². The summed E-state index contributed by atoms with van der Waals surface area (Å²) in [7, 11) is 1.66. The molecule has 0 saturated heterocycles. The molecule has 2 atom stereocenters. The Balaban J connectivity index is 2.16. The van der Waals surface area contributed by atoms with Crippen molar-refractivity contribution < 1.29 is 14.3 Å². The van der Waals surface area contributed by atoms with Crippen LogP contribution in [-0.4, -0.2) is 35.7 Å². The van der Waals surface area contributed by atoms with E-state index in [2.05, 4.69) is 5.32 Å². The number of halogens is 1. The van der Waals surface area contributed by atoms with E-state index in [1.54, 1.807) is 20.0 Å². The minimum absolute atomic E-state index is 0.0853.